The van der Waals surface area contributed by atoms with E-state index in [-0.39, 0.29) is 0 Å². The molecule has 0 radical (unpaired) electrons. The zero-order valence-electron chi connectivity index (χ0n) is 12.0. The van der Waals surface area contributed by atoms with Gasteiger partial charge in [0.25, 0.3) is 0 Å². The lowest BCUT2D eigenvalue weighted by Crippen LogP contribution is -2.08. The fraction of sp³-hybridized carbons (Fsp3) is 0.625. The molecule has 0 aromatic heterocycles. The summed E-state index contributed by atoms with van der Waals surface area (Å²) in [6, 6.07) is 7.28. The third-order valence-electron chi connectivity index (χ3n) is 3.24. The standard InChI is InChI=1S/C16H27NO2/c1-2-3-4-5-6-7-12-19-13-16(18)14-8-10-15(17)11-9-14/h8-11,16,18H,2-7,12-13,17H2,1H3. The Morgan fingerprint density at radius 1 is 1.05 bits per heavy atom. The number of rotatable bonds is 10. The van der Waals surface area contributed by atoms with Crippen molar-refractivity contribution in [2.75, 3.05) is 18.9 Å². The Balaban J connectivity index is 2.04. The second kappa shape index (κ2) is 9.82. The van der Waals surface area contributed by atoms with Crippen LogP contribution < -0.4 is 5.73 Å². The first kappa shape index (κ1) is 16.0. The van der Waals surface area contributed by atoms with Crippen LogP contribution in [0.5, 0.6) is 0 Å². The fourth-order valence-corrected chi connectivity index (χ4v) is 1.99. The van der Waals surface area contributed by atoms with Crippen LogP contribution in [0.4, 0.5) is 5.69 Å². The predicted molar refractivity (Wildman–Crippen MR) is 80.0 cm³/mol. The third-order valence-corrected chi connectivity index (χ3v) is 3.24. The molecule has 3 N–H and O–H groups in total. The minimum absolute atomic E-state index is 0.360. The number of benzene rings is 1. The number of hydrogen-bond donors (Lipinski definition) is 2. The van der Waals surface area contributed by atoms with Crippen LogP contribution in [0.25, 0.3) is 0 Å². The Labute approximate surface area is 116 Å². The normalized spacial score (nSPS) is 12.5. The number of ether oxygens (including phenoxy) is 1. The van der Waals surface area contributed by atoms with Crippen molar-refractivity contribution in [2.45, 2.75) is 51.6 Å². The molecule has 1 atom stereocenters. The van der Waals surface area contributed by atoms with Gasteiger partial charge in [-0.25, -0.2) is 0 Å². The summed E-state index contributed by atoms with van der Waals surface area (Å²) in [7, 11) is 0. The molecule has 0 aliphatic heterocycles. The van der Waals surface area contributed by atoms with Gasteiger partial charge in [0.1, 0.15) is 6.10 Å². The summed E-state index contributed by atoms with van der Waals surface area (Å²) in [6.45, 7) is 3.32. The van der Waals surface area contributed by atoms with Gasteiger partial charge in [0.2, 0.25) is 0 Å². The van der Waals surface area contributed by atoms with Gasteiger partial charge in [0.15, 0.2) is 0 Å². The number of unbranched alkanes of at least 4 members (excludes halogenated alkanes) is 5. The number of hydrogen-bond acceptors (Lipinski definition) is 3. The molecule has 0 heterocycles. The molecule has 0 aliphatic carbocycles. The maximum Gasteiger partial charge on any atom is 0.102 e. The molecule has 1 aromatic carbocycles. The molecule has 3 heteroatoms. The molecule has 108 valence electrons. The lowest BCUT2D eigenvalue weighted by atomic mass is 10.1. The van der Waals surface area contributed by atoms with Gasteiger partial charge >= 0.3 is 0 Å². The van der Waals surface area contributed by atoms with Gasteiger partial charge in [0.05, 0.1) is 6.61 Å². The topological polar surface area (TPSA) is 55.5 Å². The number of aliphatic hydroxyl groups is 1. The van der Waals surface area contributed by atoms with E-state index in [2.05, 4.69) is 6.92 Å². The summed E-state index contributed by atoms with van der Waals surface area (Å²) in [5.41, 5.74) is 7.17. The fourth-order valence-electron chi connectivity index (χ4n) is 1.99. The molecular weight excluding hydrogens is 238 g/mol. The van der Waals surface area contributed by atoms with Crippen LogP contribution in [0, 0.1) is 0 Å². The predicted octanol–water partition coefficient (Wildman–Crippen LogP) is 3.68. The molecule has 0 saturated carbocycles. The smallest absolute Gasteiger partial charge is 0.102 e. The summed E-state index contributed by atoms with van der Waals surface area (Å²) in [6.07, 6.45) is 6.97. The SMILES string of the molecule is CCCCCCCCOCC(O)c1ccc(N)cc1. The maximum atomic E-state index is 9.92. The quantitative estimate of drug-likeness (QED) is 0.501. The average Bonchev–Trinajstić information content (AvgIpc) is 2.42. The van der Waals surface area contributed by atoms with E-state index in [1.165, 1.54) is 32.1 Å². The first-order valence-electron chi connectivity index (χ1n) is 7.35. The zero-order chi connectivity index (χ0) is 13.9. The molecule has 3 nitrogen and oxygen atoms in total. The monoisotopic (exact) mass is 265 g/mol. The third kappa shape index (κ3) is 7.19. The largest absolute Gasteiger partial charge is 0.399 e. The van der Waals surface area contributed by atoms with Crippen molar-refractivity contribution in [3.05, 3.63) is 29.8 Å². The zero-order valence-corrected chi connectivity index (χ0v) is 12.0. The Hall–Kier alpha value is -1.06. The molecule has 1 aromatic rings. The minimum atomic E-state index is -0.555. The van der Waals surface area contributed by atoms with E-state index in [1.54, 1.807) is 12.1 Å². The summed E-state index contributed by atoms with van der Waals surface area (Å²) >= 11 is 0. The summed E-state index contributed by atoms with van der Waals surface area (Å²) in [5, 5.41) is 9.92. The van der Waals surface area contributed by atoms with Crippen molar-refractivity contribution in [3.8, 4) is 0 Å². The van der Waals surface area contributed by atoms with Gasteiger partial charge < -0.3 is 15.6 Å². The van der Waals surface area contributed by atoms with E-state index in [1.807, 2.05) is 12.1 Å². The Morgan fingerprint density at radius 2 is 1.68 bits per heavy atom. The highest BCUT2D eigenvalue weighted by Crippen LogP contribution is 2.15. The molecule has 1 rings (SSSR count). The Kier molecular flexibility index (Phi) is 8.26. The van der Waals surface area contributed by atoms with Crippen molar-refractivity contribution in [1.29, 1.82) is 0 Å². The summed E-state index contributed by atoms with van der Waals surface area (Å²) in [4.78, 5) is 0. The first-order chi connectivity index (χ1) is 9.24. The van der Waals surface area contributed by atoms with E-state index in [0.717, 1.165) is 18.6 Å². The van der Waals surface area contributed by atoms with Crippen molar-refractivity contribution in [2.24, 2.45) is 0 Å². The lowest BCUT2D eigenvalue weighted by molar-refractivity contribution is 0.0344. The van der Waals surface area contributed by atoms with Crippen molar-refractivity contribution in [3.63, 3.8) is 0 Å². The molecule has 1 unspecified atom stereocenters. The van der Waals surface area contributed by atoms with Crippen molar-refractivity contribution in [1.82, 2.24) is 0 Å². The highest BCUT2D eigenvalue weighted by molar-refractivity contribution is 5.39. The molecule has 19 heavy (non-hydrogen) atoms. The molecular formula is C16H27NO2. The van der Waals surface area contributed by atoms with Gasteiger partial charge in [-0.2, -0.15) is 0 Å². The second-order valence-corrected chi connectivity index (χ2v) is 5.03. The number of nitrogens with two attached hydrogens (primary N) is 1. The molecule has 0 spiro atoms. The average molecular weight is 265 g/mol. The minimum Gasteiger partial charge on any atom is -0.399 e. The van der Waals surface area contributed by atoms with Crippen LogP contribution in [-0.2, 0) is 4.74 Å². The van der Waals surface area contributed by atoms with Crippen molar-refractivity contribution >= 4 is 5.69 Å². The van der Waals surface area contributed by atoms with Crippen LogP contribution in [0.3, 0.4) is 0 Å². The van der Waals surface area contributed by atoms with Crippen LogP contribution in [-0.4, -0.2) is 18.3 Å². The molecule has 0 aliphatic rings. The van der Waals surface area contributed by atoms with Gasteiger partial charge in [-0.05, 0) is 24.1 Å². The highest BCUT2D eigenvalue weighted by atomic mass is 16.5. The molecule has 0 amide bonds. The van der Waals surface area contributed by atoms with Crippen LogP contribution >= 0.6 is 0 Å². The molecule has 0 bridgehead atoms. The van der Waals surface area contributed by atoms with Crippen LogP contribution in [0.2, 0.25) is 0 Å². The van der Waals surface area contributed by atoms with Gasteiger partial charge in [-0.1, -0.05) is 51.2 Å². The Morgan fingerprint density at radius 3 is 2.37 bits per heavy atom. The summed E-state index contributed by atoms with van der Waals surface area (Å²) < 4.78 is 5.51. The number of aliphatic hydroxyl groups excluding tert-OH is 1. The first-order valence-corrected chi connectivity index (χ1v) is 7.35. The van der Waals surface area contributed by atoms with Crippen LogP contribution in [0.15, 0.2) is 24.3 Å². The van der Waals surface area contributed by atoms with E-state index in [9.17, 15) is 5.11 Å². The van der Waals surface area contributed by atoms with E-state index in [4.69, 9.17) is 10.5 Å². The van der Waals surface area contributed by atoms with Crippen molar-refractivity contribution < 1.29 is 9.84 Å². The van der Waals surface area contributed by atoms with E-state index < -0.39 is 6.10 Å². The molecule has 0 fully saturated rings. The Bertz CT molecular complexity index is 324. The van der Waals surface area contributed by atoms with Gasteiger partial charge in [-0.15, -0.1) is 0 Å². The van der Waals surface area contributed by atoms with E-state index >= 15 is 0 Å². The second-order valence-electron chi connectivity index (χ2n) is 5.03. The van der Waals surface area contributed by atoms with Crippen LogP contribution in [0.1, 0.15) is 57.1 Å². The maximum absolute atomic E-state index is 9.92. The van der Waals surface area contributed by atoms with Gasteiger partial charge in [-0.3, -0.25) is 0 Å². The lowest BCUT2D eigenvalue weighted by Gasteiger charge is -2.11. The highest BCUT2D eigenvalue weighted by Gasteiger charge is 2.06. The van der Waals surface area contributed by atoms with Gasteiger partial charge in [0, 0.05) is 12.3 Å². The van der Waals surface area contributed by atoms with E-state index in [0.29, 0.717) is 12.3 Å². The summed E-state index contributed by atoms with van der Waals surface area (Å²) in [5.74, 6) is 0. The number of nitrogen functional groups attached to an aromatic ring is 1. The molecule has 0 saturated heterocycles. The number of anilines is 1.